The van der Waals surface area contributed by atoms with Crippen LogP contribution in [0.2, 0.25) is 0 Å². The van der Waals surface area contributed by atoms with Crippen molar-refractivity contribution < 1.29 is 13.9 Å². The van der Waals surface area contributed by atoms with E-state index in [0.717, 1.165) is 0 Å². The Balaban J connectivity index is 2.89. The first kappa shape index (κ1) is 17.4. The second kappa shape index (κ2) is 6.02. The lowest BCUT2D eigenvalue weighted by Gasteiger charge is -2.39. The van der Waals surface area contributed by atoms with Gasteiger partial charge in [-0.1, -0.05) is 6.07 Å². The molecule has 4 nitrogen and oxygen atoms in total. The van der Waals surface area contributed by atoms with E-state index >= 15 is 0 Å². The van der Waals surface area contributed by atoms with Crippen LogP contribution in [0.5, 0.6) is 5.75 Å². The van der Waals surface area contributed by atoms with Crippen molar-refractivity contribution in [2.24, 2.45) is 11.1 Å². The largest absolute Gasteiger partial charge is 0.494 e. The lowest BCUT2D eigenvalue weighted by molar-refractivity contribution is -0.142. The molecule has 0 unspecified atom stereocenters. The van der Waals surface area contributed by atoms with E-state index in [0.29, 0.717) is 12.1 Å². The molecule has 0 spiro atoms. The van der Waals surface area contributed by atoms with Crippen LogP contribution in [0.1, 0.15) is 33.3 Å². The number of amides is 1. The molecule has 0 heterocycles. The number of benzene rings is 1. The van der Waals surface area contributed by atoms with Gasteiger partial charge in [0.25, 0.3) is 0 Å². The summed E-state index contributed by atoms with van der Waals surface area (Å²) in [6.07, 6.45) is 0. The zero-order valence-electron chi connectivity index (χ0n) is 13.7. The third-order valence-corrected chi connectivity index (χ3v) is 4.13. The van der Waals surface area contributed by atoms with Crippen LogP contribution in [0, 0.1) is 11.2 Å². The van der Waals surface area contributed by atoms with Gasteiger partial charge in [0, 0.05) is 19.1 Å². The molecule has 0 aromatic heterocycles. The third-order valence-electron chi connectivity index (χ3n) is 4.13. The summed E-state index contributed by atoms with van der Waals surface area (Å²) in [5.41, 5.74) is 5.42. The average molecular weight is 296 g/mol. The van der Waals surface area contributed by atoms with Crippen molar-refractivity contribution in [3.8, 4) is 5.75 Å². The fourth-order valence-electron chi connectivity index (χ4n) is 1.91. The molecule has 1 amide bonds. The van der Waals surface area contributed by atoms with Crippen LogP contribution in [-0.4, -0.2) is 30.5 Å². The zero-order valence-corrected chi connectivity index (χ0v) is 13.7. The first-order valence-electron chi connectivity index (χ1n) is 6.87. The summed E-state index contributed by atoms with van der Waals surface area (Å²) in [4.78, 5) is 14.1. The van der Waals surface area contributed by atoms with Gasteiger partial charge in [0.1, 0.15) is 0 Å². The van der Waals surface area contributed by atoms with E-state index in [1.165, 1.54) is 13.2 Å². The predicted molar refractivity (Wildman–Crippen MR) is 81.5 cm³/mol. The van der Waals surface area contributed by atoms with Crippen molar-refractivity contribution in [2.45, 2.75) is 39.8 Å². The highest BCUT2D eigenvalue weighted by Crippen LogP contribution is 2.30. The lowest BCUT2D eigenvalue weighted by Crippen LogP contribution is -2.55. The Morgan fingerprint density at radius 1 is 1.33 bits per heavy atom. The molecule has 0 saturated heterocycles. The lowest BCUT2D eigenvalue weighted by atomic mass is 9.74. The van der Waals surface area contributed by atoms with Crippen LogP contribution in [0.25, 0.3) is 0 Å². The number of hydrogen-bond acceptors (Lipinski definition) is 3. The highest BCUT2D eigenvalue weighted by atomic mass is 19.1. The van der Waals surface area contributed by atoms with Crippen LogP contribution in [-0.2, 0) is 11.3 Å². The molecule has 1 aromatic carbocycles. The highest BCUT2D eigenvalue weighted by Gasteiger charge is 2.41. The molecular formula is C16H25FN2O2. The first-order valence-corrected chi connectivity index (χ1v) is 6.87. The zero-order chi connectivity index (χ0) is 16.4. The van der Waals surface area contributed by atoms with Gasteiger partial charge >= 0.3 is 0 Å². The van der Waals surface area contributed by atoms with Crippen LogP contribution in [0.3, 0.4) is 0 Å². The topological polar surface area (TPSA) is 55.6 Å². The van der Waals surface area contributed by atoms with Gasteiger partial charge in [-0.15, -0.1) is 0 Å². The number of nitrogens with zero attached hydrogens (tertiary/aromatic N) is 1. The normalized spacial score (nSPS) is 12.2. The molecule has 1 rings (SSSR count). The minimum atomic E-state index is -0.716. The van der Waals surface area contributed by atoms with Crippen LogP contribution < -0.4 is 10.5 Å². The Kier molecular flexibility index (Phi) is 4.99. The van der Waals surface area contributed by atoms with Gasteiger partial charge in [-0.2, -0.15) is 0 Å². The molecule has 1 aromatic rings. The molecule has 0 fully saturated rings. The maximum Gasteiger partial charge on any atom is 0.230 e. The van der Waals surface area contributed by atoms with Crippen molar-refractivity contribution in [2.75, 3.05) is 14.2 Å². The summed E-state index contributed by atoms with van der Waals surface area (Å²) in [5.74, 6) is -0.323. The van der Waals surface area contributed by atoms with Gasteiger partial charge in [-0.05, 0) is 45.4 Å². The molecule has 0 aliphatic heterocycles. The van der Waals surface area contributed by atoms with E-state index < -0.39 is 16.8 Å². The number of carbonyl (C=O) groups excluding carboxylic acids is 1. The first-order chi connectivity index (χ1) is 9.50. The fraction of sp³-hybridized carbons (Fsp3) is 0.562. The summed E-state index contributed by atoms with van der Waals surface area (Å²) in [6, 6.07) is 4.68. The number of carbonyl (C=O) groups is 1. The van der Waals surface area contributed by atoms with E-state index in [4.69, 9.17) is 10.5 Å². The molecule has 0 radical (unpaired) electrons. The van der Waals surface area contributed by atoms with Crippen molar-refractivity contribution in [3.05, 3.63) is 29.6 Å². The average Bonchev–Trinajstić information content (AvgIpc) is 2.36. The number of halogens is 1. The SMILES string of the molecule is COc1ccc(CN(C)C(=O)C(C)(C)C(C)(C)N)cc1F. The maximum absolute atomic E-state index is 13.7. The number of methoxy groups -OCH3 is 1. The Morgan fingerprint density at radius 2 is 1.90 bits per heavy atom. The van der Waals surface area contributed by atoms with Crippen LogP contribution in [0.15, 0.2) is 18.2 Å². The molecule has 0 aliphatic carbocycles. The third kappa shape index (κ3) is 3.73. The Labute approximate surface area is 126 Å². The number of nitrogens with two attached hydrogens (primary N) is 1. The van der Waals surface area contributed by atoms with Crippen LogP contribution in [0.4, 0.5) is 4.39 Å². The van der Waals surface area contributed by atoms with E-state index in [1.807, 2.05) is 27.7 Å². The summed E-state index contributed by atoms with van der Waals surface area (Å²) < 4.78 is 18.6. The Hall–Kier alpha value is -1.62. The van der Waals surface area contributed by atoms with E-state index in [-0.39, 0.29) is 11.7 Å². The molecule has 118 valence electrons. The smallest absolute Gasteiger partial charge is 0.230 e. The van der Waals surface area contributed by atoms with Gasteiger partial charge in [0.15, 0.2) is 11.6 Å². The summed E-state index contributed by atoms with van der Waals surface area (Å²) in [5, 5.41) is 0. The van der Waals surface area contributed by atoms with Crippen molar-refractivity contribution >= 4 is 5.91 Å². The summed E-state index contributed by atoms with van der Waals surface area (Å²) >= 11 is 0. The molecule has 0 atom stereocenters. The second-order valence-electron chi connectivity index (χ2n) is 6.48. The van der Waals surface area contributed by atoms with Gasteiger partial charge in [-0.25, -0.2) is 4.39 Å². The Morgan fingerprint density at radius 3 is 2.33 bits per heavy atom. The molecule has 21 heavy (non-hydrogen) atoms. The van der Waals surface area contributed by atoms with Crippen molar-refractivity contribution in [3.63, 3.8) is 0 Å². The van der Waals surface area contributed by atoms with Gasteiger partial charge < -0.3 is 15.4 Å². The minimum Gasteiger partial charge on any atom is -0.494 e. The van der Waals surface area contributed by atoms with Crippen molar-refractivity contribution in [1.82, 2.24) is 4.90 Å². The maximum atomic E-state index is 13.7. The molecule has 0 saturated carbocycles. The molecular weight excluding hydrogens is 271 g/mol. The van der Waals surface area contributed by atoms with Gasteiger partial charge in [0.05, 0.1) is 12.5 Å². The number of rotatable bonds is 5. The monoisotopic (exact) mass is 296 g/mol. The van der Waals surface area contributed by atoms with Gasteiger partial charge in [-0.3, -0.25) is 4.79 Å². The van der Waals surface area contributed by atoms with Crippen LogP contribution >= 0.6 is 0 Å². The molecule has 0 aliphatic rings. The number of hydrogen-bond donors (Lipinski definition) is 1. The highest BCUT2D eigenvalue weighted by molar-refractivity contribution is 5.83. The van der Waals surface area contributed by atoms with Gasteiger partial charge in [0.2, 0.25) is 5.91 Å². The van der Waals surface area contributed by atoms with E-state index in [1.54, 1.807) is 24.1 Å². The summed E-state index contributed by atoms with van der Waals surface area (Å²) in [6.45, 7) is 7.61. The quantitative estimate of drug-likeness (QED) is 0.908. The van der Waals surface area contributed by atoms with E-state index in [2.05, 4.69) is 0 Å². The molecule has 0 bridgehead atoms. The predicted octanol–water partition coefficient (Wildman–Crippen LogP) is 2.56. The van der Waals surface area contributed by atoms with E-state index in [9.17, 15) is 9.18 Å². The molecule has 5 heteroatoms. The summed E-state index contributed by atoms with van der Waals surface area (Å²) in [7, 11) is 3.11. The number of ether oxygens (including phenoxy) is 1. The van der Waals surface area contributed by atoms with Crippen molar-refractivity contribution in [1.29, 1.82) is 0 Å². The fourth-order valence-corrected chi connectivity index (χ4v) is 1.91. The minimum absolute atomic E-state index is 0.0776. The second-order valence-corrected chi connectivity index (χ2v) is 6.48. The molecule has 2 N–H and O–H groups in total. The standard InChI is InChI=1S/C16H25FN2O2/c1-15(2,16(3,4)18)14(20)19(5)10-11-7-8-13(21-6)12(17)9-11/h7-9H,10,18H2,1-6H3. The Bertz CT molecular complexity index is 521.